The van der Waals surface area contributed by atoms with Crippen molar-refractivity contribution in [1.29, 1.82) is 0 Å². The topological polar surface area (TPSA) is 92.7 Å². The average Bonchev–Trinajstić information content (AvgIpc) is 3.49. The van der Waals surface area contributed by atoms with E-state index in [9.17, 15) is 9.90 Å². The third kappa shape index (κ3) is 5.00. The largest absolute Gasteiger partial charge is 0.390 e. The van der Waals surface area contributed by atoms with Gasteiger partial charge in [0.25, 0.3) is 0 Å². The lowest BCUT2D eigenvalue weighted by Gasteiger charge is -2.47. The van der Waals surface area contributed by atoms with Gasteiger partial charge >= 0.3 is 0 Å². The van der Waals surface area contributed by atoms with Gasteiger partial charge in [0.2, 0.25) is 0 Å². The zero-order valence-electron chi connectivity index (χ0n) is 20.8. The van der Waals surface area contributed by atoms with Crippen molar-refractivity contribution in [1.82, 2.24) is 0 Å². The zero-order chi connectivity index (χ0) is 24.2. The quantitative estimate of drug-likeness (QED) is 0.543. The van der Waals surface area contributed by atoms with Gasteiger partial charge in [-0.2, -0.15) is 0 Å². The Balaban J connectivity index is 1.10. The van der Waals surface area contributed by atoms with Gasteiger partial charge in [0.1, 0.15) is 18.0 Å². The molecule has 196 valence electrons. The molecule has 6 heterocycles. The number of carbonyl (C=O) groups is 1. The smallest absolute Gasteiger partial charge is 0.172 e. The lowest BCUT2D eigenvalue weighted by molar-refractivity contribution is -0.277. The highest BCUT2D eigenvalue weighted by molar-refractivity contribution is 5.79. The van der Waals surface area contributed by atoms with Crippen molar-refractivity contribution in [3.8, 4) is 0 Å². The molecule has 6 aliphatic rings. The molecule has 0 aliphatic carbocycles. The van der Waals surface area contributed by atoms with E-state index in [0.29, 0.717) is 44.6 Å². The highest BCUT2D eigenvalue weighted by Crippen LogP contribution is 2.48. The molecule has 0 saturated carbocycles. The second-order valence-electron chi connectivity index (χ2n) is 11.7. The summed E-state index contributed by atoms with van der Waals surface area (Å²) in [6, 6.07) is 0. The molecule has 8 nitrogen and oxygen atoms in total. The van der Waals surface area contributed by atoms with Crippen LogP contribution in [0.4, 0.5) is 0 Å². The Hall–Kier alpha value is -0.870. The van der Waals surface area contributed by atoms with E-state index >= 15 is 0 Å². The standard InChI is InChI=1S/C27H40O8/c1-15-9-19(31-14-15)5-7-27-13-21(29)25(35-27)23-12-24(34-27)26-22(33-23)4-3-20(32-26)11-18(28)10-17-6-8-30-16(17)2/h16-17,19-26,29H,1,3-14H2,2H3/t16-,17-,19-,20+,21+,22?,23?,24?,25-,26-,27+/m0/s1. The van der Waals surface area contributed by atoms with Crippen LogP contribution in [0.5, 0.6) is 0 Å². The summed E-state index contributed by atoms with van der Waals surface area (Å²) in [4.78, 5) is 12.8. The van der Waals surface area contributed by atoms with Crippen LogP contribution >= 0.6 is 0 Å². The summed E-state index contributed by atoms with van der Waals surface area (Å²) >= 11 is 0. The summed E-state index contributed by atoms with van der Waals surface area (Å²) in [7, 11) is 0. The highest BCUT2D eigenvalue weighted by atomic mass is 16.7. The van der Waals surface area contributed by atoms with Crippen molar-refractivity contribution in [2.24, 2.45) is 5.92 Å². The molecule has 0 aromatic rings. The molecule has 3 unspecified atom stereocenters. The van der Waals surface area contributed by atoms with E-state index < -0.39 is 11.9 Å². The molecule has 4 bridgehead atoms. The van der Waals surface area contributed by atoms with E-state index in [1.54, 1.807) is 0 Å². The summed E-state index contributed by atoms with van der Waals surface area (Å²) < 4.78 is 37.5. The fraction of sp³-hybridized carbons (Fsp3) is 0.889. The zero-order valence-corrected chi connectivity index (χ0v) is 20.8. The van der Waals surface area contributed by atoms with Crippen LogP contribution < -0.4 is 0 Å². The number of hydrogen-bond donors (Lipinski definition) is 1. The van der Waals surface area contributed by atoms with Crippen LogP contribution in [0.15, 0.2) is 12.2 Å². The van der Waals surface area contributed by atoms with Crippen molar-refractivity contribution in [2.75, 3.05) is 13.2 Å². The van der Waals surface area contributed by atoms with Crippen LogP contribution in [-0.2, 0) is 33.2 Å². The summed E-state index contributed by atoms with van der Waals surface area (Å²) in [5.41, 5.74) is 1.12. The Bertz CT molecular complexity index is 817. The summed E-state index contributed by atoms with van der Waals surface area (Å²) in [6.07, 6.45) is 5.50. The van der Waals surface area contributed by atoms with Gasteiger partial charge in [-0.3, -0.25) is 4.79 Å². The van der Waals surface area contributed by atoms with E-state index in [1.165, 1.54) is 0 Å². The number of ether oxygens (including phenoxy) is 6. The summed E-state index contributed by atoms with van der Waals surface area (Å²) in [6.45, 7) is 7.46. The Kier molecular flexibility index (Phi) is 6.84. The lowest BCUT2D eigenvalue weighted by atomic mass is 9.86. The van der Waals surface area contributed by atoms with E-state index in [4.69, 9.17) is 28.4 Å². The molecule has 0 aromatic carbocycles. The Morgan fingerprint density at radius 3 is 2.69 bits per heavy atom. The van der Waals surface area contributed by atoms with Crippen LogP contribution in [0, 0.1) is 5.92 Å². The number of carbonyl (C=O) groups excluding carboxylic acids is 1. The first-order valence-corrected chi connectivity index (χ1v) is 13.6. The molecule has 6 rings (SSSR count). The van der Waals surface area contributed by atoms with Crippen LogP contribution in [0.2, 0.25) is 0 Å². The first kappa shape index (κ1) is 24.5. The lowest BCUT2D eigenvalue weighted by Crippen LogP contribution is -2.58. The highest BCUT2D eigenvalue weighted by Gasteiger charge is 2.59. The molecule has 6 aliphatic heterocycles. The SMILES string of the molecule is C=C1CO[C@@H](CC[C@]23C[C@@H](O)[C@H](O2)C2CC(O3)[C@H]3O[C@@H](CC(=O)C[C@@H]4CCO[C@H]4C)CCC3O2)C1. The van der Waals surface area contributed by atoms with Gasteiger partial charge < -0.3 is 33.5 Å². The van der Waals surface area contributed by atoms with Crippen LogP contribution in [0.25, 0.3) is 0 Å². The van der Waals surface area contributed by atoms with Gasteiger partial charge in [0, 0.05) is 38.7 Å². The normalized spacial score (nSPS) is 49.1. The third-order valence-corrected chi connectivity index (χ3v) is 9.02. The maximum absolute atomic E-state index is 12.8. The number of fused-ring (bicyclic) bond motifs is 7. The fourth-order valence-electron chi connectivity index (χ4n) is 7.11. The van der Waals surface area contributed by atoms with Gasteiger partial charge in [-0.25, -0.2) is 0 Å². The van der Waals surface area contributed by atoms with Crippen molar-refractivity contribution >= 4 is 5.78 Å². The van der Waals surface area contributed by atoms with Crippen LogP contribution in [0.3, 0.4) is 0 Å². The first-order chi connectivity index (χ1) is 16.9. The van der Waals surface area contributed by atoms with Crippen molar-refractivity contribution < 1.29 is 38.3 Å². The minimum atomic E-state index is -0.847. The number of aliphatic hydroxyl groups excluding tert-OH is 1. The van der Waals surface area contributed by atoms with E-state index in [1.807, 2.05) is 0 Å². The molecular formula is C27H40O8. The molecule has 35 heavy (non-hydrogen) atoms. The van der Waals surface area contributed by atoms with E-state index in [-0.39, 0.29) is 54.6 Å². The van der Waals surface area contributed by atoms with Crippen molar-refractivity contribution in [3.05, 3.63) is 12.2 Å². The number of ketones is 1. The maximum atomic E-state index is 12.8. The fourth-order valence-corrected chi connectivity index (χ4v) is 7.11. The van der Waals surface area contributed by atoms with Crippen LogP contribution in [0.1, 0.15) is 71.1 Å². The molecule has 0 spiro atoms. The molecule has 11 atom stereocenters. The number of hydrogen-bond acceptors (Lipinski definition) is 8. The Morgan fingerprint density at radius 2 is 1.91 bits per heavy atom. The molecule has 0 radical (unpaired) electrons. The van der Waals surface area contributed by atoms with Gasteiger partial charge in [0.15, 0.2) is 5.79 Å². The van der Waals surface area contributed by atoms with E-state index in [2.05, 4.69) is 13.5 Å². The molecule has 8 heteroatoms. The molecule has 6 fully saturated rings. The van der Waals surface area contributed by atoms with Crippen LogP contribution in [-0.4, -0.2) is 84.8 Å². The molecule has 0 aromatic heterocycles. The number of Topliss-reactive ketones (excluding diaryl/α,β-unsaturated/α-hetero) is 1. The average molecular weight is 493 g/mol. The van der Waals surface area contributed by atoms with Gasteiger partial charge in [-0.15, -0.1) is 0 Å². The monoisotopic (exact) mass is 492 g/mol. The third-order valence-electron chi connectivity index (χ3n) is 9.02. The number of aliphatic hydroxyl groups is 1. The van der Waals surface area contributed by atoms with Crippen molar-refractivity contribution in [2.45, 2.75) is 132 Å². The Morgan fingerprint density at radius 1 is 1.03 bits per heavy atom. The van der Waals surface area contributed by atoms with Gasteiger partial charge in [-0.1, -0.05) is 6.58 Å². The molecule has 0 amide bonds. The maximum Gasteiger partial charge on any atom is 0.172 e. The minimum absolute atomic E-state index is 0.0953. The van der Waals surface area contributed by atoms with Crippen molar-refractivity contribution in [3.63, 3.8) is 0 Å². The second kappa shape index (κ2) is 9.78. The second-order valence-corrected chi connectivity index (χ2v) is 11.7. The molecular weight excluding hydrogens is 452 g/mol. The first-order valence-electron chi connectivity index (χ1n) is 13.6. The van der Waals surface area contributed by atoms with Gasteiger partial charge in [-0.05, 0) is 50.5 Å². The summed E-state index contributed by atoms with van der Waals surface area (Å²) in [5, 5.41) is 10.8. The predicted molar refractivity (Wildman–Crippen MR) is 125 cm³/mol. The van der Waals surface area contributed by atoms with E-state index in [0.717, 1.165) is 44.3 Å². The molecule has 6 saturated heterocycles. The Labute approximate surface area is 207 Å². The number of rotatable bonds is 7. The van der Waals surface area contributed by atoms with Gasteiger partial charge in [0.05, 0.1) is 49.3 Å². The predicted octanol–water partition coefficient (Wildman–Crippen LogP) is 2.84. The summed E-state index contributed by atoms with van der Waals surface area (Å²) in [5.74, 6) is -0.269. The minimum Gasteiger partial charge on any atom is -0.390 e. The molecule has 1 N–H and O–H groups in total.